The van der Waals surface area contributed by atoms with Crippen molar-refractivity contribution in [1.29, 1.82) is 0 Å². The van der Waals surface area contributed by atoms with Crippen LogP contribution in [-0.4, -0.2) is 24.4 Å². The van der Waals surface area contributed by atoms with E-state index in [1.165, 1.54) is 0 Å². The summed E-state index contributed by atoms with van der Waals surface area (Å²) >= 11 is 6.30. The number of rotatable bonds is 2. The molecule has 2 N–H and O–H groups in total. The van der Waals surface area contributed by atoms with Crippen molar-refractivity contribution >= 4 is 29.8 Å². The first kappa shape index (κ1) is 25.3. The van der Waals surface area contributed by atoms with Crippen molar-refractivity contribution in [2.45, 2.75) is 57.7 Å². The third kappa shape index (κ3) is 7.61. The van der Waals surface area contributed by atoms with E-state index < -0.39 is 7.25 Å². The van der Waals surface area contributed by atoms with Crippen LogP contribution in [0.2, 0.25) is 5.02 Å². The van der Waals surface area contributed by atoms with E-state index in [4.69, 9.17) is 16.0 Å². The Kier molecular flexibility index (Phi) is 7.29. The Morgan fingerprint density at radius 3 is 2.09 bits per heavy atom. The van der Waals surface area contributed by atoms with E-state index in [-0.39, 0.29) is 11.1 Å². The van der Waals surface area contributed by atoms with Crippen molar-refractivity contribution < 1.29 is 26.7 Å². The zero-order valence-electron chi connectivity index (χ0n) is 19.1. The maximum absolute atomic E-state index is 9.75. The van der Waals surface area contributed by atoms with E-state index >= 15 is 0 Å². The van der Waals surface area contributed by atoms with Gasteiger partial charge in [-0.25, -0.2) is 4.99 Å². The summed E-state index contributed by atoms with van der Waals surface area (Å²) in [4.78, 5) is 3.81. The normalized spacial score (nSPS) is 18.6. The lowest BCUT2D eigenvalue weighted by Gasteiger charge is -2.43. The Morgan fingerprint density at radius 2 is 1.52 bits per heavy atom. The fourth-order valence-electron chi connectivity index (χ4n) is 4.67. The molecule has 0 amide bonds. The monoisotopic (exact) mass is 482 g/mol. The first-order chi connectivity index (χ1) is 15.2. The van der Waals surface area contributed by atoms with Crippen LogP contribution in [0.25, 0.3) is 22.3 Å². The second kappa shape index (κ2) is 9.51. The Hall–Kier alpha value is -2.32. The van der Waals surface area contributed by atoms with Crippen molar-refractivity contribution in [3.8, 4) is 11.3 Å². The van der Waals surface area contributed by atoms with Gasteiger partial charge in [-0.05, 0) is 45.9 Å². The Morgan fingerprint density at radius 1 is 0.939 bits per heavy atom. The first-order valence-corrected chi connectivity index (χ1v) is 11.1. The molecule has 0 aliphatic carbocycles. The van der Waals surface area contributed by atoms with Crippen molar-refractivity contribution in [3.63, 3.8) is 0 Å². The van der Waals surface area contributed by atoms with Crippen LogP contribution in [0, 0.1) is 0 Å². The zero-order valence-corrected chi connectivity index (χ0v) is 19.8. The van der Waals surface area contributed by atoms with Crippen molar-refractivity contribution in [2.24, 2.45) is 0 Å². The second-order valence-corrected chi connectivity index (χ2v) is 10.1. The predicted octanol–water partition coefficient (Wildman–Crippen LogP) is 5.34. The molecule has 0 saturated carbocycles. The molecule has 0 unspecified atom stereocenters. The minimum absolute atomic E-state index is 0.0777. The van der Waals surface area contributed by atoms with Gasteiger partial charge < -0.3 is 27.0 Å². The quantitative estimate of drug-likeness (QED) is 0.382. The van der Waals surface area contributed by atoms with Gasteiger partial charge in [-0.1, -0.05) is 41.9 Å². The molecule has 1 aliphatic heterocycles. The molecule has 1 fully saturated rings. The van der Waals surface area contributed by atoms with E-state index in [0.717, 1.165) is 40.5 Å². The minimum atomic E-state index is -6.00. The number of piperidine rings is 1. The molecule has 0 atom stereocenters. The summed E-state index contributed by atoms with van der Waals surface area (Å²) in [7, 11) is -6.00. The number of fused-ring (bicyclic) bond motifs is 1. The van der Waals surface area contributed by atoms with Crippen LogP contribution in [-0.2, 0) is 0 Å². The lowest BCUT2D eigenvalue weighted by atomic mass is 9.80. The van der Waals surface area contributed by atoms with E-state index in [9.17, 15) is 17.3 Å². The number of nitrogens with one attached hydrogen (secondary N) is 2. The van der Waals surface area contributed by atoms with Crippen LogP contribution in [0.3, 0.4) is 0 Å². The van der Waals surface area contributed by atoms with Gasteiger partial charge in [-0.15, -0.1) is 0 Å². The van der Waals surface area contributed by atoms with Gasteiger partial charge in [0.2, 0.25) is 5.36 Å². The molecule has 2 heterocycles. The van der Waals surface area contributed by atoms with Crippen molar-refractivity contribution in [2.75, 3.05) is 0 Å². The number of hydrogen-bond acceptors (Lipinski definition) is 2. The largest absolute Gasteiger partial charge is 0.673 e. The molecule has 1 aromatic heterocycles. The molecule has 0 radical (unpaired) electrons. The standard InChI is InChI=1S/C24H27ClN2O.BF4/c1-23(2)14-18(15-24(3,4)27-23)26-20-13-22(16-8-6-5-7-9-16)28-21-11-10-17(25)12-19(20)21;2-1(3,4)5/h5-13,18,27H,14-15H2,1-4H3;/q;-1/p+1. The fourth-order valence-corrected chi connectivity index (χ4v) is 4.84. The topological polar surface area (TPSA) is 39.1 Å². The molecule has 9 heteroatoms. The summed E-state index contributed by atoms with van der Waals surface area (Å²) in [6.07, 6.45) is 2.09. The second-order valence-electron chi connectivity index (χ2n) is 9.67. The van der Waals surface area contributed by atoms with Crippen LogP contribution in [0.1, 0.15) is 40.5 Å². The van der Waals surface area contributed by atoms with Gasteiger partial charge in [0.15, 0.2) is 6.04 Å². The SMILES string of the molecule is CC1(C)CC([NH+]=c2cc(-c3ccccc3)oc3ccc(Cl)cc23)CC(C)(C)N1.F[B-](F)(F)F. The fraction of sp³-hybridized carbons (Fsp3) is 0.375. The first-order valence-electron chi connectivity index (χ1n) is 10.8. The highest BCUT2D eigenvalue weighted by Gasteiger charge is 2.40. The summed E-state index contributed by atoms with van der Waals surface area (Å²) in [6, 6.07) is 18.5. The molecule has 1 saturated heterocycles. The lowest BCUT2D eigenvalue weighted by molar-refractivity contribution is -0.550. The molecule has 0 bridgehead atoms. The summed E-state index contributed by atoms with van der Waals surface area (Å²) < 4.78 is 45.2. The van der Waals surface area contributed by atoms with E-state index in [0.29, 0.717) is 11.1 Å². The summed E-state index contributed by atoms with van der Waals surface area (Å²) in [5.74, 6) is 0.852. The molecule has 33 heavy (non-hydrogen) atoms. The van der Waals surface area contributed by atoms with Crippen molar-refractivity contribution in [1.82, 2.24) is 5.32 Å². The summed E-state index contributed by atoms with van der Waals surface area (Å²) in [5, 5.41) is 6.55. The van der Waals surface area contributed by atoms with Gasteiger partial charge in [0.25, 0.3) is 0 Å². The molecular weight excluding hydrogens is 455 g/mol. The van der Waals surface area contributed by atoms with Crippen LogP contribution in [0.15, 0.2) is 59.0 Å². The number of hydrogen-bond donors (Lipinski definition) is 2. The van der Waals surface area contributed by atoms with Gasteiger partial charge in [0.05, 0.1) is 11.5 Å². The van der Waals surface area contributed by atoms with Crippen LogP contribution in [0.4, 0.5) is 17.3 Å². The molecule has 2 aromatic carbocycles. The Bertz CT molecular complexity index is 1150. The highest BCUT2D eigenvalue weighted by atomic mass is 35.5. The van der Waals surface area contributed by atoms with E-state index in [2.05, 4.69) is 56.2 Å². The summed E-state index contributed by atoms with van der Waals surface area (Å²) in [6.45, 7) is 9.08. The third-order valence-corrected chi connectivity index (χ3v) is 5.57. The average molecular weight is 483 g/mol. The molecule has 4 rings (SSSR count). The van der Waals surface area contributed by atoms with Gasteiger partial charge in [-0.3, -0.25) is 0 Å². The number of benzene rings is 2. The van der Waals surface area contributed by atoms with Crippen LogP contribution < -0.4 is 15.7 Å². The molecule has 0 spiro atoms. The van der Waals surface area contributed by atoms with E-state index in [1.807, 2.05) is 36.4 Å². The molecule has 1 aliphatic rings. The molecular formula is C24H28BClF4N2O. The van der Waals surface area contributed by atoms with Crippen LogP contribution >= 0.6 is 11.6 Å². The van der Waals surface area contributed by atoms with E-state index in [1.54, 1.807) is 0 Å². The molecule has 3 aromatic rings. The predicted molar refractivity (Wildman–Crippen MR) is 125 cm³/mol. The maximum atomic E-state index is 9.75. The van der Waals surface area contributed by atoms with Gasteiger partial charge in [-0.2, -0.15) is 0 Å². The van der Waals surface area contributed by atoms with Gasteiger partial charge in [0, 0.05) is 34.5 Å². The third-order valence-electron chi connectivity index (χ3n) is 5.34. The smallest absolute Gasteiger partial charge is 0.456 e. The lowest BCUT2D eigenvalue weighted by Crippen LogP contribution is -2.86. The zero-order chi connectivity index (χ0) is 24.4. The van der Waals surface area contributed by atoms with Gasteiger partial charge in [0.1, 0.15) is 11.3 Å². The Balaban J connectivity index is 0.000000555. The highest BCUT2D eigenvalue weighted by Crippen LogP contribution is 2.27. The molecule has 178 valence electrons. The Labute approximate surface area is 196 Å². The highest BCUT2D eigenvalue weighted by molar-refractivity contribution is 6.50. The molecule has 3 nitrogen and oxygen atoms in total. The van der Waals surface area contributed by atoms with Gasteiger partial charge >= 0.3 is 7.25 Å². The number of halogens is 5. The van der Waals surface area contributed by atoms with Crippen LogP contribution in [0.5, 0.6) is 0 Å². The minimum Gasteiger partial charge on any atom is -0.456 e. The van der Waals surface area contributed by atoms with Crippen molar-refractivity contribution in [3.05, 3.63) is 65.0 Å². The average Bonchev–Trinajstić information content (AvgIpc) is 2.65. The maximum Gasteiger partial charge on any atom is 0.673 e. The summed E-state index contributed by atoms with van der Waals surface area (Å²) in [5.41, 5.74) is 2.05.